The average Bonchev–Trinajstić information content (AvgIpc) is 2.52. The molecule has 2 aliphatic rings. The molecule has 1 aromatic rings. The van der Waals surface area contributed by atoms with Crippen molar-refractivity contribution in [2.75, 3.05) is 25.0 Å². The number of hydrogen-bond acceptors (Lipinski definition) is 4. The maximum Gasteiger partial charge on any atom is 0.255 e. The van der Waals surface area contributed by atoms with Gasteiger partial charge in [-0.25, -0.2) is 4.98 Å². The van der Waals surface area contributed by atoms with E-state index in [0.717, 1.165) is 49.7 Å². The maximum absolute atomic E-state index is 12.0. The molecule has 0 bridgehead atoms. The zero-order chi connectivity index (χ0) is 12.4. The van der Waals surface area contributed by atoms with E-state index in [0.29, 0.717) is 5.95 Å². The quantitative estimate of drug-likeness (QED) is 0.735. The van der Waals surface area contributed by atoms with Crippen LogP contribution < -0.4 is 16.2 Å². The second kappa shape index (κ2) is 5.10. The number of aromatic amines is 1. The van der Waals surface area contributed by atoms with Crippen molar-refractivity contribution in [2.45, 2.75) is 32.1 Å². The molecule has 5 heteroatoms. The molecule has 0 aromatic carbocycles. The van der Waals surface area contributed by atoms with E-state index < -0.39 is 0 Å². The van der Waals surface area contributed by atoms with Crippen LogP contribution in [-0.4, -0.2) is 29.6 Å². The summed E-state index contributed by atoms with van der Waals surface area (Å²) in [6.45, 7) is 2.71. The molecule has 0 atom stereocenters. The van der Waals surface area contributed by atoms with Gasteiger partial charge < -0.3 is 10.6 Å². The number of H-pyrrole nitrogens is 1. The van der Waals surface area contributed by atoms with Crippen molar-refractivity contribution in [1.82, 2.24) is 15.3 Å². The van der Waals surface area contributed by atoms with Crippen molar-refractivity contribution in [1.29, 1.82) is 0 Å². The van der Waals surface area contributed by atoms with Gasteiger partial charge in [0.25, 0.3) is 5.56 Å². The number of aromatic nitrogens is 2. The Kier molecular flexibility index (Phi) is 3.32. The molecular formula is C13H20N4O. The van der Waals surface area contributed by atoms with Crippen molar-refractivity contribution < 1.29 is 0 Å². The molecule has 0 spiro atoms. The van der Waals surface area contributed by atoms with Crippen molar-refractivity contribution in [3.05, 3.63) is 21.6 Å². The van der Waals surface area contributed by atoms with E-state index in [9.17, 15) is 4.79 Å². The number of nitrogens with one attached hydrogen (secondary N) is 3. The zero-order valence-corrected chi connectivity index (χ0v) is 10.6. The predicted molar refractivity (Wildman–Crippen MR) is 71.0 cm³/mol. The van der Waals surface area contributed by atoms with Gasteiger partial charge >= 0.3 is 0 Å². The normalized spacial score (nSPS) is 19.8. The van der Waals surface area contributed by atoms with Crippen molar-refractivity contribution in [3.63, 3.8) is 0 Å². The number of rotatable bonds is 3. The molecule has 1 aromatic heterocycles. The van der Waals surface area contributed by atoms with Gasteiger partial charge in [0.05, 0.1) is 5.69 Å². The van der Waals surface area contributed by atoms with Crippen LogP contribution in [0.15, 0.2) is 4.79 Å². The maximum atomic E-state index is 12.0. The summed E-state index contributed by atoms with van der Waals surface area (Å²) < 4.78 is 0. The van der Waals surface area contributed by atoms with Crippen LogP contribution in [0.5, 0.6) is 0 Å². The molecule has 1 aliphatic heterocycles. The molecule has 1 fully saturated rings. The Morgan fingerprint density at radius 3 is 2.89 bits per heavy atom. The molecule has 2 heterocycles. The second-order valence-corrected chi connectivity index (χ2v) is 5.27. The molecule has 0 amide bonds. The van der Waals surface area contributed by atoms with Crippen LogP contribution in [0.1, 0.15) is 30.5 Å². The fourth-order valence-corrected chi connectivity index (χ4v) is 2.58. The van der Waals surface area contributed by atoms with Crippen LogP contribution in [0.2, 0.25) is 0 Å². The van der Waals surface area contributed by atoms with Crippen LogP contribution >= 0.6 is 0 Å². The summed E-state index contributed by atoms with van der Waals surface area (Å²) in [7, 11) is 0. The lowest BCUT2D eigenvalue weighted by atomic mass is 9.85. The van der Waals surface area contributed by atoms with E-state index in [1.165, 1.54) is 19.3 Å². The molecule has 3 rings (SSSR count). The first-order valence-corrected chi connectivity index (χ1v) is 6.89. The molecule has 1 saturated carbocycles. The minimum Gasteiger partial charge on any atom is -0.355 e. The summed E-state index contributed by atoms with van der Waals surface area (Å²) >= 11 is 0. The van der Waals surface area contributed by atoms with Gasteiger partial charge in [-0.1, -0.05) is 6.42 Å². The topological polar surface area (TPSA) is 69.8 Å². The molecule has 0 radical (unpaired) electrons. The Labute approximate surface area is 106 Å². The summed E-state index contributed by atoms with van der Waals surface area (Å²) in [6.07, 6.45) is 5.56. The third-order valence-electron chi connectivity index (χ3n) is 3.97. The van der Waals surface area contributed by atoms with Gasteiger partial charge in [0.15, 0.2) is 0 Å². The Balaban J connectivity index is 1.76. The van der Waals surface area contributed by atoms with Crippen LogP contribution in [0.25, 0.3) is 0 Å². The van der Waals surface area contributed by atoms with E-state index in [1.54, 1.807) is 0 Å². The molecule has 5 nitrogen and oxygen atoms in total. The molecule has 98 valence electrons. The molecular weight excluding hydrogens is 228 g/mol. The third-order valence-corrected chi connectivity index (χ3v) is 3.97. The Hall–Kier alpha value is -1.36. The van der Waals surface area contributed by atoms with Gasteiger partial charge in [0, 0.05) is 25.1 Å². The van der Waals surface area contributed by atoms with E-state index in [-0.39, 0.29) is 5.56 Å². The van der Waals surface area contributed by atoms with E-state index >= 15 is 0 Å². The Morgan fingerprint density at radius 2 is 2.11 bits per heavy atom. The molecule has 18 heavy (non-hydrogen) atoms. The summed E-state index contributed by atoms with van der Waals surface area (Å²) in [6, 6.07) is 0. The van der Waals surface area contributed by atoms with Crippen LogP contribution in [-0.2, 0) is 12.8 Å². The summed E-state index contributed by atoms with van der Waals surface area (Å²) in [5, 5.41) is 6.57. The summed E-state index contributed by atoms with van der Waals surface area (Å²) in [5.74, 6) is 1.41. The molecule has 0 unspecified atom stereocenters. The largest absolute Gasteiger partial charge is 0.355 e. The highest BCUT2D eigenvalue weighted by atomic mass is 16.1. The standard InChI is InChI=1S/C13H20N4O/c18-12-10-4-6-14-7-5-11(10)16-13(17-12)15-8-9-2-1-3-9/h9,14H,1-8H2,(H2,15,16,17,18). The van der Waals surface area contributed by atoms with Gasteiger partial charge in [-0.2, -0.15) is 0 Å². The van der Waals surface area contributed by atoms with Gasteiger partial charge in [-0.15, -0.1) is 0 Å². The Bertz CT molecular complexity index is 478. The minimum atomic E-state index is 0.0276. The first-order chi connectivity index (χ1) is 8.83. The van der Waals surface area contributed by atoms with Crippen molar-refractivity contribution >= 4 is 5.95 Å². The second-order valence-electron chi connectivity index (χ2n) is 5.27. The number of hydrogen-bond donors (Lipinski definition) is 3. The number of anilines is 1. The summed E-state index contributed by atoms with van der Waals surface area (Å²) in [5.41, 5.74) is 1.84. The van der Waals surface area contributed by atoms with Crippen LogP contribution in [0, 0.1) is 5.92 Å². The minimum absolute atomic E-state index is 0.0276. The van der Waals surface area contributed by atoms with E-state index in [1.807, 2.05) is 0 Å². The van der Waals surface area contributed by atoms with Gasteiger partial charge in [-0.3, -0.25) is 9.78 Å². The first kappa shape index (κ1) is 11.7. The molecule has 1 aliphatic carbocycles. The molecule has 0 saturated heterocycles. The fourth-order valence-electron chi connectivity index (χ4n) is 2.58. The lowest BCUT2D eigenvalue weighted by Crippen LogP contribution is -2.25. The first-order valence-electron chi connectivity index (χ1n) is 6.89. The highest BCUT2D eigenvalue weighted by Crippen LogP contribution is 2.26. The lowest BCUT2D eigenvalue weighted by molar-refractivity contribution is 0.333. The fraction of sp³-hybridized carbons (Fsp3) is 0.692. The lowest BCUT2D eigenvalue weighted by Gasteiger charge is -2.25. The average molecular weight is 248 g/mol. The van der Waals surface area contributed by atoms with Crippen LogP contribution in [0.3, 0.4) is 0 Å². The highest BCUT2D eigenvalue weighted by molar-refractivity contribution is 5.31. The monoisotopic (exact) mass is 248 g/mol. The number of nitrogens with zero attached hydrogens (tertiary/aromatic N) is 1. The Morgan fingerprint density at radius 1 is 1.28 bits per heavy atom. The van der Waals surface area contributed by atoms with E-state index in [4.69, 9.17) is 0 Å². The zero-order valence-electron chi connectivity index (χ0n) is 10.6. The highest BCUT2D eigenvalue weighted by Gasteiger charge is 2.18. The van der Waals surface area contributed by atoms with Gasteiger partial charge in [-0.05, 0) is 31.7 Å². The van der Waals surface area contributed by atoms with Crippen molar-refractivity contribution in [2.24, 2.45) is 5.92 Å². The van der Waals surface area contributed by atoms with Gasteiger partial charge in [0.1, 0.15) is 0 Å². The predicted octanol–water partition coefficient (Wildman–Crippen LogP) is 0.670. The van der Waals surface area contributed by atoms with Gasteiger partial charge in [0.2, 0.25) is 5.95 Å². The smallest absolute Gasteiger partial charge is 0.255 e. The third kappa shape index (κ3) is 2.41. The number of fused-ring (bicyclic) bond motifs is 1. The van der Waals surface area contributed by atoms with Crippen LogP contribution in [0.4, 0.5) is 5.95 Å². The summed E-state index contributed by atoms with van der Waals surface area (Å²) in [4.78, 5) is 19.4. The van der Waals surface area contributed by atoms with Crippen molar-refractivity contribution in [3.8, 4) is 0 Å². The van der Waals surface area contributed by atoms with E-state index in [2.05, 4.69) is 20.6 Å². The SMILES string of the molecule is O=c1[nH]c(NCC2CCC2)nc2c1CCNCC2. The molecule has 3 N–H and O–H groups in total.